The summed E-state index contributed by atoms with van der Waals surface area (Å²) in [6.45, 7) is 2.64. The van der Waals surface area contributed by atoms with Crippen molar-refractivity contribution in [1.82, 2.24) is 0 Å². The number of aliphatic hydroxyl groups excluding tert-OH is 1. The van der Waals surface area contributed by atoms with E-state index in [1.54, 1.807) is 0 Å². The number of aliphatic hydroxyl groups is 1. The molecule has 0 aliphatic rings. The van der Waals surface area contributed by atoms with E-state index in [0.29, 0.717) is 17.4 Å². The van der Waals surface area contributed by atoms with Crippen LogP contribution in [0.1, 0.15) is 84.0 Å². The van der Waals surface area contributed by atoms with Gasteiger partial charge in [0.25, 0.3) is 0 Å². The van der Waals surface area contributed by atoms with E-state index in [2.05, 4.69) is 19.1 Å². The van der Waals surface area contributed by atoms with E-state index >= 15 is 0 Å². The average molecular weight is 415 g/mol. The molecule has 0 rings (SSSR count). The van der Waals surface area contributed by atoms with Crippen LogP contribution < -0.4 is 0 Å². The number of esters is 1. The Hall–Kier alpha value is -1.40. The fourth-order valence-electron chi connectivity index (χ4n) is 3.22. The highest BCUT2D eigenvalue weighted by Gasteiger charge is 2.25. The van der Waals surface area contributed by atoms with Gasteiger partial charge in [-0.05, 0) is 32.1 Å². The summed E-state index contributed by atoms with van der Waals surface area (Å²) in [6.07, 6.45) is 13.8. The first kappa shape index (κ1) is 27.6. The fourth-order valence-corrected chi connectivity index (χ4v) is 3.22. The second-order valence-corrected chi connectivity index (χ2v) is 9.00. The van der Waals surface area contributed by atoms with E-state index in [9.17, 15) is 14.7 Å². The summed E-state index contributed by atoms with van der Waals surface area (Å²) in [7, 11) is 5.75. The first-order chi connectivity index (χ1) is 13.6. The van der Waals surface area contributed by atoms with Crippen molar-refractivity contribution in [3.63, 3.8) is 0 Å². The third kappa shape index (κ3) is 19.7. The summed E-state index contributed by atoms with van der Waals surface area (Å²) >= 11 is 0. The van der Waals surface area contributed by atoms with Crippen LogP contribution in [0, 0.1) is 0 Å². The third-order valence-electron chi connectivity index (χ3n) is 4.65. The predicted molar refractivity (Wildman–Crippen MR) is 117 cm³/mol. The number of allylic oxidation sites excluding steroid dienone is 2. The molecule has 2 atom stereocenters. The lowest BCUT2D eigenvalue weighted by atomic mass is 10.1. The predicted octanol–water partition coefficient (Wildman–Crippen LogP) is 4.31. The second kappa shape index (κ2) is 16.4. The number of carboxylic acids is 1. The summed E-state index contributed by atoms with van der Waals surface area (Å²) in [5.74, 6) is -1.52. The number of ether oxygens (including phenoxy) is 1. The van der Waals surface area contributed by atoms with Crippen molar-refractivity contribution in [3.05, 3.63) is 12.2 Å². The number of aliphatic carboxylic acids is 1. The van der Waals surface area contributed by atoms with Gasteiger partial charge in [0.15, 0.2) is 6.10 Å². The Labute approximate surface area is 177 Å². The van der Waals surface area contributed by atoms with E-state index in [1.807, 2.05) is 21.1 Å². The summed E-state index contributed by atoms with van der Waals surface area (Å²) in [4.78, 5) is 23.0. The summed E-state index contributed by atoms with van der Waals surface area (Å²) in [5.41, 5.74) is 0. The normalized spacial score (nSPS) is 14.1. The molecule has 0 aromatic carbocycles. The van der Waals surface area contributed by atoms with Gasteiger partial charge in [0.2, 0.25) is 0 Å². The largest absolute Gasteiger partial charge is 0.481 e. The number of nitrogens with zero attached hydrogens (tertiary/aromatic N) is 1. The molecule has 0 amide bonds. The first-order valence-corrected chi connectivity index (χ1v) is 11.2. The molecule has 0 saturated heterocycles. The van der Waals surface area contributed by atoms with Crippen LogP contribution in [-0.2, 0) is 14.3 Å². The van der Waals surface area contributed by atoms with Crippen molar-refractivity contribution in [1.29, 1.82) is 0 Å². The Kier molecular flexibility index (Phi) is 15.6. The molecular weight excluding hydrogens is 370 g/mol. The number of carbonyl (C=O) groups is 2. The van der Waals surface area contributed by atoms with Crippen LogP contribution in [0.2, 0.25) is 0 Å². The van der Waals surface area contributed by atoms with Gasteiger partial charge < -0.3 is 19.4 Å². The molecule has 0 spiro atoms. The molecule has 0 radical (unpaired) electrons. The number of hydrogen-bond donors (Lipinski definition) is 2. The highest BCUT2D eigenvalue weighted by Crippen LogP contribution is 2.12. The zero-order valence-corrected chi connectivity index (χ0v) is 19.1. The zero-order chi connectivity index (χ0) is 22.1. The molecule has 2 unspecified atom stereocenters. The molecular formula is C23H44NO5+. The number of hydrogen-bond acceptors (Lipinski definition) is 4. The quantitative estimate of drug-likeness (QED) is 0.151. The lowest BCUT2D eigenvalue weighted by Gasteiger charge is -2.28. The van der Waals surface area contributed by atoms with Crippen molar-refractivity contribution in [3.8, 4) is 0 Å². The average Bonchev–Trinajstić information content (AvgIpc) is 2.57. The maximum absolute atomic E-state index is 12.0. The molecule has 0 fully saturated rings. The Morgan fingerprint density at radius 2 is 1.52 bits per heavy atom. The summed E-state index contributed by atoms with van der Waals surface area (Å²) < 4.78 is 5.81. The van der Waals surface area contributed by atoms with Crippen LogP contribution in [0.3, 0.4) is 0 Å². The summed E-state index contributed by atoms with van der Waals surface area (Å²) in [5, 5.41) is 19.0. The van der Waals surface area contributed by atoms with Crippen molar-refractivity contribution in [2.75, 3.05) is 27.7 Å². The van der Waals surface area contributed by atoms with E-state index in [-0.39, 0.29) is 12.8 Å². The molecule has 0 heterocycles. The Balaban J connectivity index is 3.91. The number of unbranched alkanes of at least 4 members (excludes halogenated alkanes) is 7. The van der Waals surface area contributed by atoms with Crippen molar-refractivity contribution in [2.45, 2.75) is 96.2 Å². The van der Waals surface area contributed by atoms with Crippen LogP contribution in [0.25, 0.3) is 0 Å². The van der Waals surface area contributed by atoms with Crippen molar-refractivity contribution >= 4 is 11.9 Å². The van der Waals surface area contributed by atoms with Gasteiger partial charge in [0, 0.05) is 0 Å². The molecule has 0 bridgehead atoms. The molecule has 0 saturated carbocycles. The molecule has 0 aromatic rings. The van der Waals surface area contributed by atoms with Gasteiger partial charge in [-0.25, -0.2) is 0 Å². The molecule has 0 aliphatic heterocycles. The highest BCUT2D eigenvalue weighted by atomic mass is 16.5. The minimum atomic E-state index is -0.994. The minimum absolute atomic E-state index is 0.0784. The maximum Gasteiger partial charge on any atom is 0.308 e. The van der Waals surface area contributed by atoms with E-state index in [1.165, 1.54) is 25.7 Å². The Morgan fingerprint density at radius 3 is 2.03 bits per heavy atom. The molecule has 170 valence electrons. The second-order valence-electron chi connectivity index (χ2n) is 9.00. The Morgan fingerprint density at radius 1 is 0.931 bits per heavy atom. The van der Waals surface area contributed by atoms with E-state index in [4.69, 9.17) is 9.84 Å². The topological polar surface area (TPSA) is 83.8 Å². The van der Waals surface area contributed by atoms with Crippen molar-refractivity contribution in [2.24, 2.45) is 0 Å². The van der Waals surface area contributed by atoms with Gasteiger partial charge in [0.05, 0.1) is 40.1 Å². The molecule has 6 nitrogen and oxygen atoms in total. The maximum atomic E-state index is 12.0. The number of carboxylic acid groups (broad SMARTS) is 1. The van der Waals surface area contributed by atoms with Crippen molar-refractivity contribution < 1.29 is 29.0 Å². The highest BCUT2D eigenvalue weighted by molar-refractivity contribution is 5.71. The molecule has 6 heteroatoms. The Bertz CT molecular complexity index is 470. The van der Waals surface area contributed by atoms with Gasteiger partial charge in [0.1, 0.15) is 6.54 Å². The molecule has 29 heavy (non-hydrogen) atoms. The van der Waals surface area contributed by atoms with Crippen LogP contribution in [0.5, 0.6) is 0 Å². The number of quaternary nitrogens is 1. The van der Waals surface area contributed by atoms with Crippen LogP contribution in [0.4, 0.5) is 0 Å². The minimum Gasteiger partial charge on any atom is -0.481 e. The molecule has 0 aromatic heterocycles. The summed E-state index contributed by atoms with van der Waals surface area (Å²) in [6, 6.07) is 0. The molecule has 0 aliphatic carbocycles. The lowest BCUT2D eigenvalue weighted by molar-refractivity contribution is -0.873. The van der Waals surface area contributed by atoms with Gasteiger partial charge in [-0.2, -0.15) is 0 Å². The zero-order valence-electron chi connectivity index (χ0n) is 19.1. The molecule has 2 N–H and O–H groups in total. The van der Waals surface area contributed by atoms with Crippen LogP contribution >= 0.6 is 0 Å². The van der Waals surface area contributed by atoms with Crippen LogP contribution in [0.15, 0.2) is 12.2 Å². The van der Waals surface area contributed by atoms with E-state index < -0.39 is 24.1 Å². The number of rotatable bonds is 18. The van der Waals surface area contributed by atoms with Gasteiger partial charge in [-0.15, -0.1) is 0 Å². The van der Waals surface area contributed by atoms with Gasteiger partial charge in [-0.1, -0.05) is 51.2 Å². The van der Waals surface area contributed by atoms with Gasteiger partial charge in [-0.3, -0.25) is 9.59 Å². The number of carbonyl (C=O) groups excluding carboxylic acids is 1. The van der Waals surface area contributed by atoms with Gasteiger partial charge >= 0.3 is 11.9 Å². The fraction of sp³-hybridized carbons (Fsp3) is 0.826. The first-order valence-electron chi connectivity index (χ1n) is 11.2. The third-order valence-corrected chi connectivity index (χ3v) is 4.65. The standard InChI is InChI=1S/C23H43NO5/c1-5-6-7-8-9-10-11-12-13-14-15-16-20(25)17-23(28)29-21(18-22(26)27)19-24(2,3)4/h10-11,20-21,25H,5-9,12-19H2,1-4H3/p+1/b11-10-. The lowest BCUT2D eigenvalue weighted by Crippen LogP contribution is -2.44. The number of likely N-dealkylation sites (N-methyl/N-ethyl adjacent to an activating group) is 1. The van der Waals surface area contributed by atoms with Crippen LogP contribution in [-0.4, -0.2) is 66.5 Å². The van der Waals surface area contributed by atoms with E-state index in [0.717, 1.165) is 32.1 Å². The SMILES string of the molecule is CCCCCC/C=C\CCCCCC(O)CC(=O)OC(CC(=O)O)C[N+](C)(C)C. The smallest absolute Gasteiger partial charge is 0.308 e. The monoisotopic (exact) mass is 414 g/mol.